The number of hydrogen-bond acceptors (Lipinski definition) is 2. The molecule has 0 saturated carbocycles. The lowest BCUT2D eigenvalue weighted by Gasteiger charge is -2.28. The van der Waals surface area contributed by atoms with E-state index in [1.54, 1.807) is 18.0 Å². The Kier molecular flexibility index (Phi) is 5.38. The number of rotatable bonds is 4. The predicted octanol–water partition coefficient (Wildman–Crippen LogP) is 3.66. The standard InChI is InChI=1S/C15H19ClN2O/c1-10(2)13(9-17)15(19)18(4)11(3)12-7-5-6-8-14(12)16/h5-8,10-11,13H,1-4H3. The third-order valence-electron chi connectivity index (χ3n) is 3.36. The molecule has 0 spiro atoms. The number of halogens is 1. The molecule has 0 aromatic heterocycles. The van der Waals surface area contributed by atoms with E-state index in [4.69, 9.17) is 16.9 Å². The zero-order chi connectivity index (χ0) is 14.6. The van der Waals surface area contributed by atoms with Crippen molar-refractivity contribution in [3.05, 3.63) is 34.9 Å². The summed E-state index contributed by atoms with van der Waals surface area (Å²) in [5.74, 6) is -0.779. The van der Waals surface area contributed by atoms with E-state index in [9.17, 15) is 4.79 Å². The van der Waals surface area contributed by atoms with Gasteiger partial charge in [-0.3, -0.25) is 4.79 Å². The van der Waals surface area contributed by atoms with E-state index in [2.05, 4.69) is 6.07 Å². The minimum atomic E-state index is -0.616. The highest BCUT2D eigenvalue weighted by molar-refractivity contribution is 6.31. The summed E-state index contributed by atoms with van der Waals surface area (Å²) < 4.78 is 0. The van der Waals surface area contributed by atoms with E-state index in [-0.39, 0.29) is 17.9 Å². The highest BCUT2D eigenvalue weighted by Crippen LogP contribution is 2.28. The van der Waals surface area contributed by atoms with Crippen LogP contribution < -0.4 is 0 Å². The molecule has 19 heavy (non-hydrogen) atoms. The fraction of sp³-hybridized carbons (Fsp3) is 0.467. The van der Waals surface area contributed by atoms with Crippen molar-refractivity contribution in [1.29, 1.82) is 5.26 Å². The molecule has 0 fully saturated rings. The molecule has 0 aliphatic rings. The lowest BCUT2D eigenvalue weighted by Crippen LogP contribution is -2.36. The Bertz CT molecular complexity index is 493. The van der Waals surface area contributed by atoms with E-state index in [0.29, 0.717) is 5.02 Å². The Hall–Kier alpha value is -1.53. The molecule has 0 radical (unpaired) electrons. The Morgan fingerprint density at radius 1 is 1.32 bits per heavy atom. The molecule has 0 aliphatic heterocycles. The first-order valence-electron chi connectivity index (χ1n) is 6.30. The molecule has 0 aliphatic carbocycles. The Morgan fingerprint density at radius 2 is 1.89 bits per heavy atom. The molecule has 0 N–H and O–H groups in total. The van der Waals surface area contributed by atoms with Gasteiger partial charge in [0.15, 0.2) is 0 Å². The van der Waals surface area contributed by atoms with Crippen LogP contribution in [-0.4, -0.2) is 17.9 Å². The summed E-state index contributed by atoms with van der Waals surface area (Å²) in [5.41, 5.74) is 0.889. The van der Waals surface area contributed by atoms with Crippen molar-refractivity contribution >= 4 is 17.5 Å². The summed E-state index contributed by atoms with van der Waals surface area (Å²) in [6.07, 6.45) is 0. The van der Waals surface area contributed by atoms with Crippen molar-refractivity contribution < 1.29 is 4.79 Å². The van der Waals surface area contributed by atoms with Gasteiger partial charge in [-0.25, -0.2) is 0 Å². The number of hydrogen-bond donors (Lipinski definition) is 0. The number of carbonyl (C=O) groups is 1. The SMILES string of the molecule is CC(C)C(C#N)C(=O)N(C)C(C)c1ccccc1Cl. The van der Waals surface area contributed by atoms with Crippen LogP contribution in [0.2, 0.25) is 5.02 Å². The zero-order valence-corrected chi connectivity index (χ0v) is 12.5. The van der Waals surface area contributed by atoms with Crippen molar-refractivity contribution in [1.82, 2.24) is 4.90 Å². The molecule has 1 aromatic carbocycles. The van der Waals surface area contributed by atoms with Crippen LogP contribution in [0.25, 0.3) is 0 Å². The monoisotopic (exact) mass is 278 g/mol. The minimum Gasteiger partial charge on any atom is -0.338 e. The smallest absolute Gasteiger partial charge is 0.240 e. The third-order valence-corrected chi connectivity index (χ3v) is 3.70. The van der Waals surface area contributed by atoms with Gasteiger partial charge in [0.1, 0.15) is 5.92 Å². The topological polar surface area (TPSA) is 44.1 Å². The maximum absolute atomic E-state index is 12.3. The fourth-order valence-corrected chi connectivity index (χ4v) is 2.22. The second-order valence-corrected chi connectivity index (χ2v) is 5.40. The first kappa shape index (κ1) is 15.5. The minimum absolute atomic E-state index is 0.00149. The molecule has 102 valence electrons. The van der Waals surface area contributed by atoms with Crippen molar-refractivity contribution in [3.63, 3.8) is 0 Å². The first-order valence-corrected chi connectivity index (χ1v) is 6.68. The van der Waals surface area contributed by atoms with Crippen LogP contribution >= 0.6 is 11.6 Å². The number of nitriles is 1. The Balaban J connectivity index is 2.95. The summed E-state index contributed by atoms with van der Waals surface area (Å²) in [5, 5.41) is 9.73. The molecule has 0 heterocycles. The molecule has 2 atom stereocenters. The summed E-state index contributed by atoms with van der Waals surface area (Å²) >= 11 is 6.14. The van der Waals surface area contributed by atoms with Gasteiger partial charge in [-0.2, -0.15) is 5.26 Å². The normalized spacial score (nSPS) is 13.7. The summed E-state index contributed by atoms with van der Waals surface area (Å²) in [4.78, 5) is 13.9. The largest absolute Gasteiger partial charge is 0.338 e. The van der Waals surface area contributed by atoms with Crippen LogP contribution in [0.5, 0.6) is 0 Å². The highest BCUT2D eigenvalue weighted by atomic mass is 35.5. The molecule has 4 heteroatoms. The number of carbonyl (C=O) groups excluding carboxylic acids is 1. The van der Waals surface area contributed by atoms with E-state index in [0.717, 1.165) is 5.56 Å². The molecular weight excluding hydrogens is 260 g/mol. The quantitative estimate of drug-likeness (QED) is 0.844. The van der Waals surface area contributed by atoms with Gasteiger partial charge in [0.05, 0.1) is 12.1 Å². The van der Waals surface area contributed by atoms with E-state index >= 15 is 0 Å². The van der Waals surface area contributed by atoms with Crippen LogP contribution in [-0.2, 0) is 4.79 Å². The number of amides is 1. The van der Waals surface area contributed by atoms with Gasteiger partial charge in [0.2, 0.25) is 5.91 Å². The molecular formula is C15H19ClN2O. The molecule has 0 bridgehead atoms. The van der Waals surface area contributed by atoms with Crippen LogP contribution in [0.1, 0.15) is 32.4 Å². The van der Waals surface area contributed by atoms with Gasteiger partial charge in [0, 0.05) is 12.1 Å². The summed E-state index contributed by atoms with van der Waals surface area (Å²) in [6.45, 7) is 5.66. The number of benzene rings is 1. The third kappa shape index (κ3) is 3.48. The fourth-order valence-electron chi connectivity index (χ4n) is 1.92. The lowest BCUT2D eigenvalue weighted by molar-refractivity contribution is -0.135. The average Bonchev–Trinajstić information content (AvgIpc) is 2.37. The maximum Gasteiger partial charge on any atom is 0.240 e. The van der Waals surface area contributed by atoms with Crippen LogP contribution in [0, 0.1) is 23.2 Å². The molecule has 0 saturated heterocycles. The van der Waals surface area contributed by atoms with Crippen LogP contribution in [0.3, 0.4) is 0 Å². The maximum atomic E-state index is 12.3. The molecule has 1 amide bonds. The predicted molar refractivity (Wildman–Crippen MR) is 76.6 cm³/mol. The average molecular weight is 279 g/mol. The lowest BCUT2D eigenvalue weighted by atomic mass is 9.95. The van der Waals surface area contributed by atoms with Crippen LogP contribution in [0.4, 0.5) is 0 Å². The second-order valence-electron chi connectivity index (χ2n) is 5.00. The van der Waals surface area contributed by atoms with Gasteiger partial charge >= 0.3 is 0 Å². The van der Waals surface area contributed by atoms with Crippen molar-refractivity contribution in [3.8, 4) is 6.07 Å². The summed E-state index contributed by atoms with van der Waals surface area (Å²) in [6, 6.07) is 9.36. The molecule has 1 rings (SSSR count). The zero-order valence-electron chi connectivity index (χ0n) is 11.7. The molecule has 1 aromatic rings. The van der Waals surface area contributed by atoms with E-state index in [1.165, 1.54) is 0 Å². The Morgan fingerprint density at radius 3 is 2.37 bits per heavy atom. The van der Waals surface area contributed by atoms with E-state index in [1.807, 2.05) is 39.0 Å². The van der Waals surface area contributed by atoms with Gasteiger partial charge in [-0.1, -0.05) is 43.6 Å². The van der Waals surface area contributed by atoms with Crippen LogP contribution in [0.15, 0.2) is 24.3 Å². The van der Waals surface area contributed by atoms with Gasteiger partial charge in [0.25, 0.3) is 0 Å². The van der Waals surface area contributed by atoms with Gasteiger partial charge < -0.3 is 4.90 Å². The molecule has 3 nitrogen and oxygen atoms in total. The van der Waals surface area contributed by atoms with E-state index < -0.39 is 5.92 Å². The summed E-state index contributed by atoms with van der Waals surface area (Å²) in [7, 11) is 1.71. The number of nitrogens with zero attached hydrogens (tertiary/aromatic N) is 2. The van der Waals surface area contributed by atoms with Crippen molar-refractivity contribution in [2.45, 2.75) is 26.8 Å². The first-order chi connectivity index (χ1) is 8.90. The van der Waals surface area contributed by atoms with Gasteiger partial charge in [-0.05, 0) is 24.5 Å². The van der Waals surface area contributed by atoms with Crippen molar-refractivity contribution in [2.75, 3.05) is 7.05 Å². The van der Waals surface area contributed by atoms with Gasteiger partial charge in [-0.15, -0.1) is 0 Å². The second kappa shape index (κ2) is 6.58. The highest BCUT2D eigenvalue weighted by Gasteiger charge is 2.28. The molecule has 2 unspecified atom stereocenters. The Labute approximate surface area is 119 Å². The van der Waals surface area contributed by atoms with Crippen molar-refractivity contribution in [2.24, 2.45) is 11.8 Å².